The van der Waals surface area contributed by atoms with Crippen molar-refractivity contribution in [2.24, 2.45) is 0 Å². The maximum atomic E-state index is 10.3. The van der Waals surface area contributed by atoms with Gasteiger partial charge in [0, 0.05) is 30.4 Å². The zero-order valence-corrected chi connectivity index (χ0v) is 13.7. The number of hydrogen-bond acceptors (Lipinski definition) is 2. The lowest BCUT2D eigenvalue weighted by atomic mass is 10.0. The molecule has 2 aromatic rings. The fraction of sp³-hybridized carbons (Fsp3) is 0.300. The fourth-order valence-electron chi connectivity index (χ4n) is 2.63. The van der Waals surface area contributed by atoms with E-state index in [1.165, 1.54) is 5.56 Å². The smallest absolute Gasteiger partial charge is 0.125 e. The third-order valence-corrected chi connectivity index (χ3v) is 4.02. The lowest BCUT2D eigenvalue weighted by molar-refractivity contribution is 0.473. The van der Waals surface area contributed by atoms with Gasteiger partial charge in [-0.05, 0) is 50.5 Å². The molecule has 0 saturated heterocycles. The molecule has 0 aromatic heterocycles. The van der Waals surface area contributed by atoms with Gasteiger partial charge in [-0.3, -0.25) is 0 Å². The van der Waals surface area contributed by atoms with Gasteiger partial charge in [0.2, 0.25) is 0 Å². The summed E-state index contributed by atoms with van der Waals surface area (Å²) in [5.41, 5.74) is 4.36. The normalized spacial score (nSPS) is 11.5. The minimum Gasteiger partial charge on any atom is -0.507 e. The van der Waals surface area contributed by atoms with Crippen molar-refractivity contribution in [3.8, 4) is 5.75 Å². The van der Waals surface area contributed by atoms with E-state index < -0.39 is 0 Å². The van der Waals surface area contributed by atoms with Gasteiger partial charge in [0.25, 0.3) is 0 Å². The third-order valence-electron chi connectivity index (χ3n) is 4.02. The molecule has 116 valence electrons. The second kappa shape index (κ2) is 7.69. The van der Waals surface area contributed by atoms with Crippen molar-refractivity contribution in [2.45, 2.75) is 27.2 Å². The van der Waals surface area contributed by atoms with Crippen LogP contribution in [-0.2, 0) is 6.42 Å². The number of phenolic OH excluding ortho intramolecular Hbond substituents is 1. The van der Waals surface area contributed by atoms with E-state index in [4.69, 9.17) is 0 Å². The van der Waals surface area contributed by atoms with Gasteiger partial charge in [0.05, 0.1) is 0 Å². The summed E-state index contributed by atoms with van der Waals surface area (Å²) in [6.07, 6.45) is 3.05. The molecule has 0 atom stereocenters. The minimum absolute atomic E-state index is 0.353. The Kier molecular flexibility index (Phi) is 5.65. The number of hydrogen-bond donors (Lipinski definition) is 1. The number of anilines is 1. The summed E-state index contributed by atoms with van der Waals surface area (Å²) in [6.45, 7) is 8.18. The van der Waals surface area contributed by atoms with E-state index in [1.54, 1.807) is 0 Å². The molecule has 0 saturated carbocycles. The molecule has 0 radical (unpaired) electrons. The number of allylic oxidation sites excluding steroid dienone is 2. The van der Waals surface area contributed by atoms with Gasteiger partial charge < -0.3 is 10.0 Å². The van der Waals surface area contributed by atoms with Crippen LogP contribution in [0.1, 0.15) is 31.9 Å². The van der Waals surface area contributed by atoms with E-state index in [0.717, 1.165) is 36.3 Å². The van der Waals surface area contributed by atoms with E-state index in [0.29, 0.717) is 5.75 Å². The van der Waals surface area contributed by atoms with Gasteiger partial charge in [-0.2, -0.15) is 0 Å². The van der Waals surface area contributed by atoms with Crippen LogP contribution in [0.15, 0.2) is 54.6 Å². The van der Waals surface area contributed by atoms with E-state index >= 15 is 0 Å². The molecule has 0 fully saturated rings. The molecule has 2 aromatic carbocycles. The van der Waals surface area contributed by atoms with Gasteiger partial charge in [-0.1, -0.05) is 36.4 Å². The first-order valence-corrected chi connectivity index (χ1v) is 7.94. The Morgan fingerprint density at radius 1 is 1.05 bits per heavy atom. The molecule has 2 rings (SSSR count). The van der Waals surface area contributed by atoms with Gasteiger partial charge in [-0.15, -0.1) is 0 Å². The highest BCUT2D eigenvalue weighted by molar-refractivity contribution is 5.71. The Hall–Kier alpha value is -2.22. The molecule has 0 spiro atoms. The summed E-state index contributed by atoms with van der Waals surface area (Å²) in [7, 11) is 0. The van der Waals surface area contributed by atoms with Crippen LogP contribution in [0.4, 0.5) is 5.69 Å². The summed E-state index contributed by atoms with van der Waals surface area (Å²) in [4.78, 5) is 2.23. The van der Waals surface area contributed by atoms with Crippen molar-refractivity contribution in [1.82, 2.24) is 0 Å². The van der Waals surface area contributed by atoms with Crippen LogP contribution >= 0.6 is 0 Å². The number of benzene rings is 2. The molecular weight excluding hydrogens is 270 g/mol. The first kappa shape index (κ1) is 16.2. The van der Waals surface area contributed by atoms with E-state index in [9.17, 15) is 5.11 Å². The first-order valence-electron chi connectivity index (χ1n) is 7.94. The van der Waals surface area contributed by atoms with Crippen molar-refractivity contribution in [3.05, 3.63) is 65.7 Å². The summed E-state index contributed by atoms with van der Waals surface area (Å²) in [5, 5.41) is 10.3. The molecule has 0 aliphatic rings. The molecule has 0 bridgehead atoms. The largest absolute Gasteiger partial charge is 0.507 e. The van der Waals surface area contributed by atoms with Crippen LogP contribution in [0.3, 0.4) is 0 Å². The van der Waals surface area contributed by atoms with Crippen LogP contribution in [0.25, 0.3) is 5.57 Å². The van der Waals surface area contributed by atoms with Gasteiger partial charge in [0.15, 0.2) is 0 Å². The Labute approximate surface area is 133 Å². The van der Waals surface area contributed by atoms with Crippen molar-refractivity contribution < 1.29 is 5.11 Å². The zero-order chi connectivity index (χ0) is 15.9. The minimum atomic E-state index is 0.353. The maximum Gasteiger partial charge on any atom is 0.125 e. The summed E-state index contributed by atoms with van der Waals surface area (Å²) in [6, 6.07) is 16.3. The van der Waals surface area contributed by atoms with Gasteiger partial charge in [0.1, 0.15) is 5.75 Å². The number of phenols is 1. The molecule has 0 unspecified atom stereocenters. The lowest BCUT2D eigenvalue weighted by Crippen LogP contribution is -2.21. The molecule has 2 nitrogen and oxygen atoms in total. The standard InChI is InChI=1S/C20H25NO/c1-4-21(5-2)18-13-14-19(20(22)15-18)16(3)11-12-17-9-7-6-8-10-17/h6-11,13-15,22H,4-5,12H2,1-3H3/b16-11-. The molecule has 2 heteroatoms. The highest BCUT2D eigenvalue weighted by atomic mass is 16.3. The van der Waals surface area contributed by atoms with E-state index in [1.807, 2.05) is 18.2 Å². The van der Waals surface area contributed by atoms with Crippen LogP contribution < -0.4 is 4.90 Å². The molecule has 0 amide bonds. The Bertz CT molecular complexity index is 627. The lowest BCUT2D eigenvalue weighted by Gasteiger charge is -2.21. The molecule has 22 heavy (non-hydrogen) atoms. The van der Waals surface area contributed by atoms with Crippen molar-refractivity contribution in [1.29, 1.82) is 0 Å². The van der Waals surface area contributed by atoms with E-state index in [2.05, 4.69) is 62.1 Å². The number of rotatable bonds is 6. The second-order valence-electron chi connectivity index (χ2n) is 5.45. The Balaban J connectivity index is 2.18. The average molecular weight is 295 g/mol. The molecule has 0 heterocycles. The first-order chi connectivity index (χ1) is 10.7. The monoisotopic (exact) mass is 295 g/mol. The summed E-state index contributed by atoms with van der Waals surface area (Å²) in [5.74, 6) is 0.353. The Morgan fingerprint density at radius 2 is 1.73 bits per heavy atom. The van der Waals surface area contributed by atoms with Crippen molar-refractivity contribution in [3.63, 3.8) is 0 Å². The average Bonchev–Trinajstić information content (AvgIpc) is 2.55. The molecule has 0 aliphatic carbocycles. The maximum absolute atomic E-state index is 10.3. The predicted octanol–water partition coefficient (Wildman–Crippen LogP) is 4.88. The second-order valence-corrected chi connectivity index (χ2v) is 5.45. The number of nitrogens with zero attached hydrogens (tertiary/aromatic N) is 1. The van der Waals surface area contributed by atoms with Gasteiger partial charge >= 0.3 is 0 Å². The quantitative estimate of drug-likeness (QED) is 0.820. The summed E-state index contributed by atoms with van der Waals surface area (Å²) < 4.78 is 0. The summed E-state index contributed by atoms with van der Waals surface area (Å²) >= 11 is 0. The zero-order valence-electron chi connectivity index (χ0n) is 13.7. The van der Waals surface area contributed by atoms with Crippen LogP contribution in [0.2, 0.25) is 0 Å². The SMILES string of the molecule is CCN(CC)c1ccc(/C(C)=C\Cc2ccccc2)c(O)c1. The van der Waals surface area contributed by atoms with Crippen molar-refractivity contribution in [2.75, 3.05) is 18.0 Å². The number of aromatic hydroxyl groups is 1. The van der Waals surface area contributed by atoms with Crippen molar-refractivity contribution >= 4 is 11.3 Å². The molecular formula is C20H25NO. The highest BCUT2D eigenvalue weighted by Gasteiger charge is 2.08. The molecule has 0 aliphatic heterocycles. The predicted molar refractivity (Wildman–Crippen MR) is 95.5 cm³/mol. The van der Waals surface area contributed by atoms with Crippen LogP contribution in [-0.4, -0.2) is 18.2 Å². The van der Waals surface area contributed by atoms with Gasteiger partial charge in [-0.25, -0.2) is 0 Å². The van der Waals surface area contributed by atoms with Crippen LogP contribution in [0.5, 0.6) is 5.75 Å². The fourth-order valence-corrected chi connectivity index (χ4v) is 2.63. The third kappa shape index (κ3) is 3.91. The highest BCUT2D eigenvalue weighted by Crippen LogP contribution is 2.29. The Morgan fingerprint density at radius 3 is 2.32 bits per heavy atom. The molecule has 1 N–H and O–H groups in total. The van der Waals surface area contributed by atoms with Crippen LogP contribution in [0, 0.1) is 0 Å². The topological polar surface area (TPSA) is 23.5 Å². The van der Waals surface area contributed by atoms with E-state index in [-0.39, 0.29) is 0 Å².